The fraction of sp³-hybridized carbons (Fsp3) is 0.111. The van der Waals surface area contributed by atoms with E-state index >= 15 is 0 Å². The maximum atomic E-state index is 2.34. The van der Waals surface area contributed by atoms with Gasteiger partial charge >= 0.3 is 185 Å². The summed E-state index contributed by atoms with van der Waals surface area (Å²) in [5.41, 5.74) is 0. The van der Waals surface area contributed by atoms with Crippen molar-refractivity contribution in [2.75, 3.05) is 12.3 Å². The molecule has 0 saturated heterocycles. The van der Waals surface area contributed by atoms with Crippen LogP contribution in [0.15, 0.2) is 243 Å². The van der Waals surface area contributed by atoms with Crippen LogP contribution in [0.1, 0.15) is 12.8 Å². The van der Waals surface area contributed by atoms with Crippen LogP contribution >= 0.6 is 15.8 Å². The molecular weight excluding hydrogens is 860 g/mol. The molecule has 0 fully saturated rings. The van der Waals surface area contributed by atoms with Crippen LogP contribution in [0.5, 0.6) is 0 Å². The van der Waals surface area contributed by atoms with E-state index in [9.17, 15) is 0 Å². The van der Waals surface area contributed by atoms with Gasteiger partial charge in [0, 0.05) is 0 Å². The summed E-state index contributed by atoms with van der Waals surface area (Å²) in [5, 5.41) is 8.61. The van der Waals surface area contributed by atoms with E-state index in [-0.39, 0.29) is 15.8 Å². The number of rotatable bonds is 16. The first-order valence-corrected chi connectivity index (χ1v) is 29.8. The van der Waals surface area contributed by atoms with Gasteiger partial charge < -0.3 is 0 Å². The second-order valence-corrected chi connectivity index (χ2v) is 28.5. The van der Waals surface area contributed by atoms with Crippen molar-refractivity contribution < 1.29 is 0 Å². The van der Waals surface area contributed by atoms with Gasteiger partial charge in [-0.15, -0.1) is 0 Å². The zero-order valence-corrected chi connectivity index (χ0v) is 38.7. The Morgan fingerprint density at radius 3 is 0.672 bits per heavy atom. The van der Waals surface area contributed by atoms with E-state index in [1.54, 1.807) is 17.4 Å². The molecule has 0 bridgehead atoms. The summed E-state index contributed by atoms with van der Waals surface area (Å²) in [4.78, 5) is 0. The van der Waals surface area contributed by atoms with Crippen molar-refractivity contribution in [2.45, 2.75) is 23.3 Å². The minimum atomic E-state index is -1.26. The third-order valence-corrected chi connectivity index (χ3v) is 26.2. The average Bonchev–Trinajstić information content (AvgIpc) is 3.32. The third-order valence-electron chi connectivity index (χ3n) is 10.1. The molecule has 0 aliphatic carbocycles. The molecule has 0 atom stereocenters. The first-order valence-electron chi connectivity index (χ1n) is 20.3. The van der Waals surface area contributed by atoms with Crippen LogP contribution in [-0.2, 0) is 0 Å². The van der Waals surface area contributed by atoms with Crippen LogP contribution in [0.2, 0.25) is 10.4 Å². The molecule has 0 aromatic heterocycles. The van der Waals surface area contributed by atoms with Crippen molar-refractivity contribution in [3.63, 3.8) is 0 Å². The Kier molecular flexibility index (Phi) is 16.9. The Morgan fingerprint density at radius 1 is 0.241 bits per heavy atom. The molecule has 288 valence electrons. The molecule has 0 spiro atoms. The summed E-state index contributed by atoms with van der Waals surface area (Å²) in [6.45, 7) is 0. The molecule has 0 radical (unpaired) electrons. The molecule has 8 rings (SSSR count). The Bertz CT molecular complexity index is 1790. The van der Waals surface area contributed by atoms with Gasteiger partial charge in [-0.25, -0.2) is 0 Å². The van der Waals surface area contributed by atoms with Gasteiger partial charge in [-0.2, -0.15) is 0 Å². The van der Waals surface area contributed by atoms with Gasteiger partial charge in [0.15, 0.2) is 0 Å². The number of benzene rings is 8. The molecular formula is C54H52As2P2. The van der Waals surface area contributed by atoms with Crippen molar-refractivity contribution in [1.82, 2.24) is 0 Å². The Hall–Kier alpha value is -4.26. The van der Waals surface area contributed by atoms with E-state index in [1.165, 1.54) is 56.8 Å². The van der Waals surface area contributed by atoms with Gasteiger partial charge in [-0.05, 0) is 55.8 Å². The minimum absolute atomic E-state index is 0.309. The molecule has 0 aliphatic rings. The molecule has 0 amide bonds. The fourth-order valence-corrected chi connectivity index (χ4v) is 23.3. The Labute approximate surface area is 359 Å². The Balaban J connectivity index is 0.000000177. The van der Waals surface area contributed by atoms with Gasteiger partial charge in [-0.1, -0.05) is 121 Å². The van der Waals surface area contributed by atoms with E-state index in [4.69, 9.17) is 0 Å². The maximum absolute atomic E-state index is 2.34. The molecule has 8 aromatic rings. The normalized spacial score (nSPS) is 11.1. The molecule has 0 aliphatic heterocycles. The van der Waals surface area contributed by atoms with Crippen LogP contribution in [-0.4, -0.2) is 41.6 Å². The quantitative estimate of drug-likeness (QED) is 0.0670. The second kappa shape index (κ2) is 23.4. The standard InChI is InChI=1S/C27H26As2.C27H26P2/c2*1-5-14-24(15-6-1)28(25-16-7-2-8-17-25)22-13-23-29(26-18-9-3-10-19-26)27-20-11-4-12-21-27/h2*1-12,14-21H,13,22-23H2. The summed E-state index contributed by atoms with van der Waals surface area (Å²) in [6.07, 6.45) is 5.03. The van der Waals surface area contributed by atoms with Crippen molar-refractivity contribution >= 4 is 83.8 Å². The summed E-state index contributed by atoms with van der Waals surface area (Å²) in [5.74, 6) is 0. The molecule has 58 heavy (non-hydrogen) atoms. The van der Waals surface area contributed by atoms with E-state index in [1.807, 2.05) is 0 Å². The molecule has 0 N–H and O–H groups in total. The molecule has 0 heterocycles. The van der Waals surface area contributed by atoms with Gasteiger partial charge in [0.2, 0.25) is 0 Å². The fourth-order valence-electron chi connectivity index (χ4n) is 7.27. The van der Waals surface area contributed by atoms with Crippen molar-refractivity contribution in [2.24, 2.45) is 0 Å². The molecule has 8 aromatic carbocycles. The van der Waals surface area contributed by atoms with E-state index < -0.39 is 29.3 Å². The van der Waals surface area contributed by atoms with Crippen LogP contribution in [0.25, 0.3) is 0 Å². The second-order valence-electron chi connectivity index (χ2n) is 14.0. The topological polar surface area (TPSA) is 0 Å². The van der Waals surface area contributed by atoms with Gasteiger partial charge in [0.05, 0.1) is 0 Å². The summed E-state index contributed by atoms with van der Waals surface area (Å²) in [7, 11) is -0.618. The summed E-state index contributed by atoms with van der Waals surface area (Å²) < 4.78 is 6.30. The Morgan fingerprint density at radius 2 is 0.448 bits per heavy atom. The SMILES string of the molecule is c1ccc(P(CCCP(c2ccccc2)c2ccccc2)c2ccccc2)cc1.c1ccc([As](CCC[As](c2ccccc2)c2ccccc2)c2ccccc2)cc1. The molecule has 0 saturated carbocycles. The average molecular weight is 913 g/mol. The number of hydrogen-bond donors (Lipinski definition) is 0. The number of hydrogen-bond acceptors (Lipinski definition) is 0. The van der Waals surface area contributed by atoms with E-state index in [0.717, 1.165) is 0 Å². The molecule has 0 nitrogen and oxygen atoms in total. The van der Waals surface area contributed by atoms with Crippen LogP contribution < -0.4 is 38.6 Å². The summed E-state index contributed by atoms with van der Waals surface area (Å²) in [6, 6.07) is 89.2. The van der Waals surface area contributed by atoms with E-state index in [2.05, 4.69) is 243 Å². The first kappa shape index (κ1) is 41.9. The predicted octanol–water partition coefficient (Wildman–Crippen LogP) is 9.64. The summed E-state index contributed by atoms with van der Waals surface area (Å²) >= 11 is -2.51. The molecule has 0 unspecified atom stereocenters. The van der Waals surface area contributed by atoms with Crippen LogP contribution in [0, 0.1) is 0 Å². The van der Waals surface area contributed by atoms with Gasteiger partial charge in [0.25, 0.3) is 0 Å². The van der Waals surface area contributed by atoms with Crippen LogP contribution in [0.3, 0.4) is 0 Å². The third kappa shape index (κ3) is 12.4. The first-order chi connectivity index (χ1) is 28.8. The zero-order chi connectivity index (χ0) is 39.5. The molecule has 4 heteroatoms. The van der Waals surface area contributed by atoms with E-state index in [0.29, 0.717) is 0 Å². The van der Waals surface area contributed by atoms with Crippen molar-refractivity contribution in [1.29, 1.82) is 0 Å². The zero-order valence-electron chi connectivity index (χ0n) is 33.1. The monoisotopic (exact) mass is 912 g/mol. The van der Waals surface area contributed by atoms with Gasteiger partial charge in [-0.3, -0.25) is 0 Å². The van der Waals surface area contributed by atoms with Crippen molar-refractivity contribution in [3.8, 4) is 0 Å². The van der Waals surface area contributed by atoms with Crippen LogP contribution in [0.4, 0.5) is 0 Å². The van der Waals surface area contributed by atoms with Gasteiger partial charge in [0.1, 0.15) is 0 Å². The predicted molar refractivity (Wildman–Crippen MR) is 263 cm³/mol. The van der Waals surface area contributed by atoms with Crippen molar-refractivity contribution in [3.05, 3.63) is 243 Å².